The van der Waals surface area contributed by atoms with Crippen molar-refractivity contribution >= 4 is 17.2 Å². The molecule has 2 aromatic heterocycles. The van der Waals surface area contributed by atoms with Crippen LogP contribution in [0.25, 0.3) is 0 Å². The molecule has 8 heteroatoms. The number of aryl methyl sites for hydroxylation is 2. The Hall–Kier alpha value is -1.77. The van der Waals surface area contributed by atoms with E-state index in [0.717, 1.165) is 23.4 Å². The summed E-state index contributed by atoms with van der Waals surface area (Å²) in [7, 11) is 0. The van der Waals surface area contributed by atoms with Crippen molar-refractivity contribution in [1.82, 2.24) is 15.5 Å². The van der Waals surface area contributed by atoms with E-state index >= 15 is 0 Å². The molecule has 3 rings (SSSR count). The van der Waals surface area contributed by atoms with E-state index in [1.54, 1.807) is 5.51 Å². The third kappa shape index (κ3) is 4.19. The Kier molecular flexibility index (Phi) is 5.60. The van der Waals surface area contributed by atoms with Gasteiger partial charge >= 0.3 is 0 Å². The molecule has 1 aliphatic heterocycles. The molecule has 2 aromatic rings. The second kappa shape index (κ2) is 7.87. The first-order chi connectivity index (χ1) is 11.6. The van der Waals surface area contributed by atoms with Crippen LogP contribution in [-0.4, -0.2) is 41.4 Å². The molecule has 130 valence electrons. The van der Waals surface area contributed by atoms with E-state index in [1.807, 2.05) is 19.2 Å². The molecule has 0 aliphatic carbocycles. The van der Waals surface area contributed by atoms with Crippen molar-refractivity contribution < 1.29 is 18.8 Å². The molecule has 2 atom stereocenters. The highest BCUT2D eigenvalue weighted by atomic mass is 32.1. The summed E-state index contributed by atoms with van der Waals surface area (Å²) < 4.78 is 16.5. The minimum Gasteiger partial charge on any atom is -0.379 e. The SMILES string of the molecule is Cc1noc(C)c1CC(=O)N[C@@H]1CCOC[C@H]1OCc1cscn1. The lowest BCUT2D eigenvalue weighted by atomic mass is 10.0. The van der Waals surface area contributed by atoms with Crippen LogP contribution in [0.15, 0.2) is 15.4 Å². The number of hydrogen-bond donors (Lipinski definition) is 1. The highest BCUT2D eigenvalue weighted by molar-refractivity contribution is 7.07. The summed E-state index contributed by atoms with van der Waals surface area (Å²) in [5.74, 6) is 0.629. The largest absolute Gasteiger partial charge is 0.379 e. The summed E-state index contributed by atoms with van der Waals surface area (Å²) in [6, 6.07) is -0.0645. The molecule has 0 aromatic carbocycles. The fourth-order valence-corrected chi connectivity index (χ4v) is 3.26. The number of hydrogen-bond acceptors (Lipinski definition) is 7. The van der Waals surface area contributed by atoms with Crippen LogP contribution in [0.1, 0.15) is 29.1 Å². The lowest BCUT2D eigenvalue weighted by Crippen LogP contribution is -2.50. The molecule has 1 saturated heterocycles. The Labute approximate surface area is 144 Å². The van der Waals surface area contributed by atoms with Crippen LogP contribution in [0.5, 0.6) is 0 Å². The molecule has 0 unspecified atom stereocenters. The molecule has 1 fully saturated rings. The number of nitrogens with zero attached hydrogens (tertiary/aromatic N) is 2. The zero-order valence-electron chi connectivity index (χ0n) is 13.8. The van der Waals surface area contributed by atoms with Gasteiger partial charge in [0.2, 0.25) is 5.91 Å². The number of ether oxygens (including phenoxy) is 2. The third-order valence-corrected chi connectivity index (χ3v) is 4.73. The van der Waals surface area contributed by atoms with Gasteiger partial charge in [-0.3, -0.25) is 4.79 Å². The van der Waals surface area contributed by atoms with Crippen molar-refractivity contribution in [3.05, 3.63) is 33.6 Å². The molecule has 0 spiro atoms. The standard InChI is InChI=1S/C16H21N3O4S/c1-10-13(11(2)23-19-10)5-16(20)18-14-3-4-21-7-15(14)22-6-12-8-24-9-17-12/h8-9,14-15H,3-7H2,1-2H3,(H,18,20)/t14-,15-/m1/s1. The fraction of sp³-hybridized carbons (Fsp3) is 0.562. The van der Waals surface area contributed by atoms with E-state index in [1.165, 1.54) is 11.3 Å². The highest BCUT2D eigenvalue weighted by Crippen LogP contribution is 2.16. The maximum Gasteiger partial charge on any atom is 0.224 e. The Morgan fingerprint density at radius 1 is 1.50 bits per heavy atom. The number of carbonyl (C=O) groups is 1. The molecule has 3 heterocycles. The normalized spacial score (nSPS) is 20.9. The quantitative estimate of drug-likeness (QED) is 0.854. The van der Waals surface area contributed by atoms with Gasteiger partial charge in [0.25, 0.3) is 0 Å². The van der Waals surface area contributed by atoms with Crippen LogP contribution >= 0.6 is 11.3 Å². The molecule has 1 N–H and O–H groups in total. The monoisotopic (exact) mass is 351 g/mol. The summed E-state index contributed by atoms with van der Waals surface area (Å²) in [6.07, 6.45) is 0.820. The lowest BCUT2D eigenvalue weighted by Gasteiger charge is -2.32. The van der Waals surface area contributed by atoms with Crippen molar-refractivity contribution in [1.29, 1.82) is 0 Å². The van der Waals surface area contributed by atoms with Crippen LogP contribution in [0.3, 0.4) is 0 Å². The smallest absolute Gasteiger partial charge is 0.224 e. The molecule has 0 saturated carbocycles. The lowest BCUT2D eigenvalue weighted by molar-refractivity contribution is -0.126. The van der Waals surface area contributed by atoms with E-state index in [0.29, 0.717) is 25.6 Å². The fourth-order valence-electron chi connectivity index (χ4n) is 2.72. The summed E-state index contributed by atoms with van der Waals surface area (Å²) in [5.41, 5.74) is 4.27. The first-order valence-electron chi connectivity index (χ1n) is 7.91. The average molecular weight is 351 g/mol. The highest BCUT2D eigenvalue weighted by Gasteiger charge is 2.28. The maximum atomic E-state index is 12.4. The van der Waals surface area contributed by atoms with E-state index in [-0.39, 0.29) is 24.5 Å². The molecule has 0 bridgehead atoms. The van der Waals surface area contributed by atoms with Crippen molar-refractivity contribution in [3.63, 3.8) is 0 Å². The molecule has 0 radical (unpaired) electrons. The van der Waals surface area contributed by atoms with Gasteiger partial charge in [-0.15, -0.1) is 11.3 Å². The van der Waals surface area contributed by atoms with Crippen LogP contribution in [0, 0.1) is 13.8 Å². The van der Waals surface area contributed by atoms with Gasteiger partial charge in [0.15, 0.2) is 0 Å². The van der Waals surface area contributed by atoms with Crippen molar-refractivity contribution in [2.75, 3.05) is 13.2 Å². The van der Waals surface area contributed by atoms with E-state index in [9.17, 15) is 4.79 Å². The molecule has 1 amide bonds. The van der Waals surface area contributed by atoms with Gasteiger partial charge in [-0.05, 0) is 20.3 Å². The van der Waals surface area contributed by atoms with E-state index in [4.69, 9.17) is 14.0 Å². The van der Waals surface area contributed by atoms with Gasteiger partial charge < -0.3 is 19.3 Å². The Morgan fingerprint density at radius 3 is 3.08 bits per heavy atom. The van der Waals surface area contributed by atoms with Gasteiger partial charge in [0.05, 0.1) is 42.6 Å². The van der Waals surface area contributed by atoms with Gasteiger partial charge in [-0.2, -0.15) is 0 Å². The zero-order valence-corrected chi connectivity index (χ0v) is 14.6. The van der Waals surface area contributed by atoms with Gasteiger partial charge in [0, 0.05) is 17.6 Å². The van der Waals surface area contributed by atoms with Crippen LogP contribution < -0.4 is 5.32 Å². The number of thiazole rings is 1. The maximum absolute atomic E-state index is 12.4. The molecule has 7 nitrogen and oxygen atoms in total. The first-order valence-corrected chi connectivity index (χ1v) is 8.85. The first kappa shape index (κ1) is 17.1. The van der Waals surface area contributed by atoms with Crippen molar-refractivity contribution in [2.45, 2.75) is 45.4 Å². The number of nitrogens with one attached hydrogen (secondary N) is 1. The molecule has 1 aliphatic rings. The van der Waals surface area contributed by atoms with Gasteiger partial charge in [-0.1, -0.05) is 5.16 Å². The number of rotatable bonds is 6. The molecule has 24 heavy (non-hydrogen) atoms. The minimum absolute atomic E-state index is 0.0569. The summed E-state index contributed by atoms with van der Waals surface area (Å²) in [6.45, 7) is 5.17. The minimum atomic E-state index is -0.172. The predicted molar refractivity (Wildman–Crippen MR) is 87.7 cm³/mol. The van der Waals surface area contributed by atoms with E-state index in [2.05, 4.69) is 15.5 Å². The molecular formula is C16H21N3O4S. The predicted octanol–water partition coefficient (Wildman–Crippen LogP) is 1.78. The zero-order chi connectivity index (χ0) is 16.9. The van der Waals surface area contributed by atoms with Crippen LogP contribution in [0.4, 0.5) is 0 Å². The Balaban J connectivity index is 1.55. The second-order valence-electron chi connectivity index (χ2n) is 5.85. The summed E-state index contributed by atoms with van der Waals surface area (Å²) in [5, 5.41) is 8.90. The topological polar surface area (TPSA) is 86.5 Å². The Bertz CT molecular complexity index is 651. The number of carbonyl (C=O) groups excluding carboxylic acids is 1. The third-order valence-electron chi connectivity index (χ3n) is 4.10. The number of aromatic nitrogens is 2. The van der Waals surface area contributed by atoms with E-state index < -0.39 is 0 Å². The van der Waals surface area contributed by atoms with Crippen molar-refractivity contribution in [3.8, 4) is 0 Å². The van der Waals surface area contributed by atoms with Crippen LogP contribution in [0.2, 0.25) is 0 Å². The Morgan fingerprint density at radius 2 is 2.38 bits per heavy atom. The van der Waals surface area contributed by atoms with Crippen molar-refractivity contribution in [2.24, 2.45) is 0 Å². The second-order valence-corrected chi connectivity index (χ2v) is 6.57. The van der Waals surface area contributed by atoms with Gasteiger partial charge in [0.1, 0.15) is 11.9 Å². The van der Waals surface area contributed by atoms with Crippen LogP contribution in [-0.2, 0) is 27.3 Å². The summed E-state index contributed by atoms with van der Waals surface area (Å²) in [4.78, 5) is 16.6. The van der Waals surface area contributed by atoms with Gasteiger partial charge in [-0.25, -0.2) is 4.98 Å². The average Bonchev–Trinajstić information content (AvgIpc) is 3.19. The summed E-state index contributed by atoms with van der Waals surface area (Å²) >= 11 is 1.54. The number of amides is 1. The molecular weight excluding hydrogens is 330 g/mol.